The van der Waals surface area contributed by atoms with Gasteiger partial charge in [-0.15, -0.1) is 0 Å². The molecule has 1 atom stereocenters. The minimum absolute atomic E-state index is 0.134. The topological polar surface area (TPSA) is 78.9 Å². The van der Waals surface area contributed by atoms with Gasteiger partial charge in [-0.25, -0.2) is 4.79 Å². The van der Waals surface area contributed by atoms with E-state index in [1.807, 2.05) is 30.3 Å². The van der Waals surface area contributed by atoms with E-state index in [4.69, 9.17) is 4.74 Å². The fourth-order valence-electron chi connectivity index (χ4n) is 2.40. The van der Waals surface area contributed by atoms with Gasteiger partial charge in [0.2, 0.25) is 5.91 Å². The van der Waals surface area contributed by atoms with Crippen LogP contribution in [0.1, 0.15) is 25.8 Å². The minimum atomic E-state index is -0.942. The van der Waals surface area contributed by atoms with Crippen LogP contribution in [0.15, 0.2) is 30.3 Å². The van der Waals surface area contributed by atoms with E-state index in [0.717, 1.165) is 5.56 Å². The number of nitrogens with one attached hydrogen (secondary N) is 1. The fourth-order valence-corrected chi connectivity index (χ4v) is 2.40. The van der Waals surface area contributed by atoms with Gasteiger partial charge in [-0.1, -0.05) is 30.3 Å². The lowest BCUT2D eigenvalue weighted by atomic mass is 10.1. The summed E-state index contributed by atoms with van der Waals surface area (Å²) in [6.07, 6.45) is 0.213. The second kappa shape index (κ2) is 7.46. The van der Waals surface area contributed by atoms with Crippen molar-refractivity contribution in [3.05, 3.63) is 35.9 Å². The van der Waals surface area contributed by atoms with E-state index in [1.165, 1.54) is 0 Å². The number of rotatable bonds is 5. The van der Waals surface area contributed by atoms with Gasteiger partial charge in [0.1, 0.15) is 6.61 Å². The third-order valence-electron chi connectivity index (χ3n) is 3.72. The van der Waals surface area contributed by atoms with Crippen molar-refractivity contribution in [3.8, 4) is 0 Å². The van der Waals surface area contributed by atoms with Crippen LogP contribution < -0.4 is 5.32 Å². The van der Waals surface area contributed by atoms with Crippen molar-refractivity contribution in [1.82, 2.24) is 10.2 Å². The minimum Gasteiger partial charge on any atom is -0.445 e. The molecule has 1 aliphatic heterocycles. The Morgan fingerprint density at radius 1 is 1.35 bits per heavy atom. The molecule has 0 aromatic heterocycles. The molecule has 126 valence electrons. The summed E-state index contributed by atoms with van der Waals surface area (Å²) in [7, 11) is 0. The third kappa shape index (κ3) is 5.56. The summed E-state index contributed by atoms with van der Waals surface area (Å²) in [4.78, 5) is 25.6. The van der Waals surface area contributed by atoms with Crippen LogP contribution >= 0.6 is 0 Å². The van der Waals surface area contributed by atoms with Crippen molar-refractivity contribution in [2.75, 3.05) is 19.6 Å². The van der Waals surface area contributed by atoms with E-state index < -0.39 is 11.7 Å². The van der Waals surface area contributed by atoms with Gasteiger partial charge < -0.3 is 20.1 Å². The maximum Gasteiger partial charge on any atom is 0.410 e. The van der Waals surface area contributed by atoms with Crippen LogP contribution in [0, 0.1) is 5.92 Å². The zero-order valence-corrected chi connectivity index (χ0v) is 13.6. The van der Waals surface area contributed by atoms with Crippen molar-refractivity contribution < 1.29 is 19.4 Å². The second-order valence-electron chi connectivity index (χ2n) is 6.50. The summed E-state index contributed by atoms with van der Waals surface area (Å²) in [5, 5.41) is 12.3. The lowest BCUT2D eigenvalue weighted by molar-refractivity contribution is -0.125. The lowest BCUT2D eigenvalue weighted by Crippen LogP contribution is -2.41. The first-order chi connectivity index (χ1) is 10.8. The molecule has 0 spiro atoms. The Balaban J connectivity index is 1.75. The fraction of sp³-hybridized carbons (Fsp3) is 0.529. The van der Waals surface area contributed by atoms with Crippen LogP contribution in [0.5, 0.6) is 0 Å². The highest BCUT2D eigenvalue weighted by Gasteiger charge is 2.32. The number of ether oxygens (including phenoxy) is 1. The van der Waals surface area contributed by atoms with E-state index in [1.54, 1.807) is 18.7 Å². The summed E-state index contributed by atoms with van der Waals surface area (Å²) < 4.78 is 5.27. The Bertz CT molecular complexity index is 539. The van der Waals surface area contributed by atoms with Crippen LogP contribution in [0.2, 0.25) is 0 Å². The largest absolute Gasteiger partial charge is 0.445 e. The van der Waals surface area contributed by atoms with E-state index in [9.17, 15) is 14.7 Å². The zero-order chi connectivity index (χ0) is 16.9. The molecule has 1 heterocycles. The van der Waals surface area contributed by atoms with Crippen molar-refractivity contribution in [1.29, 1.82) is 0 Å². The SMILES string of the molecule is CC(C)(O)CNC(=O)C1CCN(C(=O)OCc2ccccc2)C1. The molecule has 2 rings (SSSR count). The second-order valence-corrected chi connectivity index (χ2v) is 6.50. The van der Waals surface area contributed by atoms with Gasteiger partial charge >= 0.3 is 6.09 Å². The molecule has 1 aromatic rings. The molecule has 1 saturated heterocycles. The van der Waals surface area contributed by atoms with Crippen molar-refractivity contribution in [2.45, 2.75) is 32.5 Å². The summed E-state index contributed by atoms with van der Waals surface area (Å²) in [6.45, 7) is 4.55. The van der Waals surface area contributed by atoms with E-state index in [2.05, 4.69) is 5.32 Å². The van der Waals surface area contributed by atoms with Gasteiger partial charge in [0.05, 0.1) is 11.5 Å². The number of likely N-dealkylation sites (tertiary alicyclic amines) is 1. The molecule has 1 fully saturated rings. The van der Waals surface area contributed by atoms with Gasteiger partial charge in [0.25, 0.3) is 0 Å². The number of carbonyl (C=O) groups is 2. The molecule has 1 unspecified atom stereocenters. The van der Waals surface area contributed by atoms with Gasteiger partial charge in [0.15, 0.2) is 0 Å². The Hall–Kier alpha value is -2.08. The quantitative estimate of drug-likeness (QED) is 0.862. The standard InChI is InChI=1S/C17H24N2O4/c1-17(2,22)12-18-15(20)14-8-9-19(10-14)16(21)23-11-13-6-4-3-5-7-13/h3-7,14,22H,8-12H2,1-2H3,(H,18,20). The first-order valence-corrected chi connectivity index (χ1v) is 7.81. The molecule has 23 heavy (non-hydrogen) atoms. The first kappa shape index (κ1) is 17.3. The molecular weight excluding hydrogens is 296 g/mol. The molecule has 1 aromatic carbocycles. The Morgan fingerprint density at radius 2 is 2.04 bits per heavy atom. The third-order valence-corrected chi connectivity index (χ3v) is 3.72. The number of benzene rings is 1. The number of hydrogen-bond donors (Lipinski definition) is 2. The van der Waals surface area contributed by atoms with Crippen LogP contribution in [-0.4, -0.2) is 47.2 Å². The molecular formula is C17H24N2O4. The number of amides is 2. The molecule has 0 radical (unpaired) electrons. The van der Waals surface area contributed by atoms with Crippen LogP contribution in [0.25, 0.3) is 0 Å². The maximum atomic E-state index is 12.0. The van der Waals surface area contributed by atoms with Gasteiger partial charge in [-0.2, -0.15) is 0 Å². The van der Waals surface area contributed by atoms with Crippen molar-refractivity contribution in [3.63, 3.8) is 0 Å². The van der Waals surface area contributed by atoms with E-state index in [-0.39, 0.29) is 25.0 Å². The molecule has 1 aliphatic rings. The molecule has 2 amide bonds. The van der Waals surface area contributed by atoms with E-state index in [0.29, 0.717) is 19.5 Å². The number of nitrogens with zero attached hydrogens (tertiary/aromatic N) is 1. The number of aliphatic hydroxyl groups is 1. The molecule has 2 N–H and O–H groups in total. The number of hydrogen-bond acceptors (Lipinski definition) is 4. The highest BCUT2D eigenvalue weighted by atomic mass is 16.6. The average molecular weight is 320 g/mol. The van der Waals surface area contributed by atoms with Gasteiger partial charge in [-0.3, -0.25) is 4.79 Å². The van der Waals surface area contributed by atoms with Crippen molar-refractivity contribution in [2.24, 2.45) is 5.92 Å². The lowest BCUT2D eigenvalue weighted by Gasteiger charge is -2.20. The number of carbonyl (C=O) groups excluding carboxylic acids is 2. The normalized spacial score (nSPS) is 17.9. The van der Waals surface area contributed by atoms with Gasteiger partial charge in [0, 0.05) is 19.6 Å². The maximum absolute atomic E-state index is 12.0. The average Bonchev–Trinajstić information content (AvgIpc) is 3.00. The van der Waals surface area contributed by atoms with Crippen LogP contribution in [-0.2, 0) is 16.1 Å². The Morgan fingerprint density at radius 3 is 2.70 bits per heavy atom. The molecule has 6 nitrogen and oxygen atoms in total. The zero-order valence-electron chi connectivity index (χ0n) is 13.6. The Kier molecular flexibility index (Phi) is 5.60. The summed E-state index contributed by atoms with van der Waals surface area (Å²) in [5.74, 6) is -0.382. The summed E-state index contributed by atoms with van der Waals surface area (Å²) >= 11 is 0. The molecule has 0 aliphatic carbocycles. The highest BCUT2D eigenvalue weighted by Crippen LogP contribution is 2.18. The summed E-state index contributed by atoms with van der Waals surface area (Å²) in [5.41, 5.74) is -0.0118. The predicted molar refractivity (Wildman–Crippen MR) is 85.6 cm³/mol. The van der Waals surface area contributed by atoms with Crippen LogP contribution in [0.4, 0.5) is 4.79 Å². The first-order valence-electron chi connectivity index (χ1n) is 7.81. The van der Waals surface area contributed by atoms with Crippen LogP contribution in [0.3, 0.4) is 0 Å². The Labute approximate surface area is 136 Å². The van der Waals surface area contributed by atoms with E-state index >= 15 is 0 Å². The predicted octanol–water partition coefficient (Wildman–Crippen LogP) is 1.53. The highest BCUT2D eigenvalue weighted by molar-refractivity contribution is 5.80. The molecule has 6 heteroatoms. The van der Waals surface area contributed by atoms with Gasteiger partial charge in [-0.05, 0) is 25.8 Å². The smallest absolute Gasteiger partial charge is 0.410 e. The monoisotopic (exact) mass is 320 g/mol. The molecule has 0 bridgehead atoms. The molecule has 0 saturated carbocycles. The summed E-state index contributed by atoms with van der Waals surface area (Å²) in [6, 6.07) is 9.47. The van der Waals surface area contributed by atoms with Crippen molar-refractivity contribution >= 4 is 12.0 Å².